The smallest absolute Gasteiger partial charge is 0.274 e. The van der Waals surface area contributed by atoms with Crippen molar-refractivity contribution in [3.8, 4) is 17.1 Å². The molecule has 2 heterocycles. The van der Waals surface area contributed by atoms with Crippen LogP contribution in [0.15, 0.2) is 59.4 Å². The Morgan fingerprint density at radius 2 is 1.73 bits per heavy atom. The number of aromatic amines is 1. The Morgan fingerprint density at radius 3 is 2.37 bits per heavy atom. The third-order valence-electron chi connectivity index (χ3n) is 4.97. The topological polar surface area (TPSA) is 84.3 Å². The Kier molecular flexibility index (Phi) is 5.03. The monoisotopic (exact) mass is 403 g/mol. The van der Waals surface area contributed by atoms with Gasteiger partial charge in [0.15, 0.2) is 5.82 Å². The Morgan fingerprint density at radius 1 is 1.03 bits per heavy atom. The van der Waals surface area contributed by atoms with Gasteiger partial charge in [0.1, 0.15) is 5.75 Å². The fourth-order valence-electron chi connectivity index (χ4n) is 3.18. The number of benzene rings is 2. The Labute approximate surface area is 174 Å². The number of methoxy groups -OCH3 is 1. The van der Waals surface area contributed by atoms with Crippen molar-refractivity contribution in [2.75, 3.05) is 12.4 Å². The van der Waals surface area contributed by atoms with Gasteiger partial charge in [0.2, 0.25) is 0 Å². The van der Waals surface area contributed by atoms with Crippen molar-refractivity contribution < 1.29 is 4.74 Å². The molecule has 0 aliphatic heterocycles. The molecule has 30 heavy (non-hydrogen) atoms. The normalized spacial score (nSPS) is 11.6. The van der Waals surface area contributed by atoms with Crippen LogP contribution in [0.25, 0.3) is 17.2 Å². The van der Waals surface area contributed by atoms with Gasteiger partial charge in [0.05, 0.1) is 19.3 Å². The van der Waals surface area contributed by atoms with Crippen molar-refractivity contribution in [1.82, 2.24) is 19.6 Å². The molecule has 0 spiro atoms. The fraction of sp³-hybridized carbons (Fsp3) is 0.261. The van der Waals surface area contributed by atoms with Crippen molar-refractivity contribution >= 4 is 11.5 Å². The first-order chi connectivity index (χ1) is 14.3. The van der Waals surface area contributed by atoms with E-state index in [2.05, 4.69) is 53.3 Å². The lowest BCUT2D eigenvalue weighted by Gasteiger charge is -2.18. The summed E-state index contributed by atoms with van der Waals surface area (Å²) in [6.45, 7) is 6.94. The van der Waals surface area contributed by atoms with Gasteiger partial charge in [-0.2, -0.15) is 9.50 Å². The van der Waals surface area contributed by atoms with Gasteiger partial charge in [0.25, 0.3) is 11.3 Å². The van der Waals surface area contributed by atoms with E-state index in [-0.39, 0.29) is 11.0 Å². The Balaban J connectivity index is 1.57. The molecule has 0 atom stereocenters. The summed E-state index contributed by atoms with van der Waals surface area (Å²) in [5.74, 6) is 1.75. The number of nitrogens with zero attached hydrogens (tertiary/aromatic N) is 3. The lowest BCUT2D eigenvalue weighted by atomic mass is 9.87. The van der Waals surface area contributed by atoms with Gasteiger partial charge < -0.3 is 10.1 Å². The van der Waals surface area contributed by atoms with Gasteiger partial charge in [-0.3, -0.25) is 9.89 Å². The highest BCUT2D eigenvalue weighted by Gasteiger charge is 2.14. The third kappa shape index (κ3) is 4.05. The van der Waals surface area contributed by atoms with Crippen molar-refractivity contribution in [2.45, 2.75) is 32.7 Å². The summed E-state index contributed by atoms with van der Waals surface area (Å²) in [7, 11) is 1.63. The van der Waals surface area contributed by atoms with Gasteiger partial charge in [-0.25, -0.2) is 4.98 Å². The van der Waals surface area contributed by atoms with Crippen LogP contribution in [0.5, 0.6) is 5.75 Å². The van der Waals surface area contributed by atoms with Crippen molar-refractivity contribution in [3.63, 3.8) is 0 Å². The molecular weight excluding hydrogens is 378 g/mol. The molecule has 7 heteroatoms. The van der Waals surface area contributed by atoms with Crippen molar-refractivity contribution in [1.29, 1.82) is 0 Å². The van der Waals surface area contributed by atoms with E-state index in [1.54, 1.807) is 7.11 Å². The van der Waals surface area contributed by atoms with E-state index in [9.17, 15) is 4.79 Å². The van der Waals surface area contributed by atoms with Gasteiger partial charge in [-0.15, -0.1) is 0 Å². The zero-order chi connectivity index (χ0) is 21.3. The first kappa shape index (κ1) is 19.7. The minimum Gasteiger partial charge on any atom is -0.497 e. The molecule has 2 aromatic carbocycles. The van der Waals surface area contributed by atoms with E-state index >= 15 is 0 Å². The second-order valence-electron chi connectivity index (χ2n) is 8.20. The first-order valence-electron chi connectivity index (χ1n) is 9.81. The molecule has 2 N–H and O–H groups in total. The highest BCUT2D eigenvalue weighted by molar-refractivity contribution is 5.57. The molecule has 0 saturated heterocycles. The number of aromatic nitrogens is 4. The highest BCUT2D eigenvalue weighted by Crippen LogP contribution is 2.25. The number of hydrogen-bond acceptors (Lipinski definition) is 5. The van der Waals surface area contributed by atoms with E-state index in [0.29, 0.717) is 23.8 Å². The number of nitrogens with one attached hydrogen (secondary N) is 2. The molecular formula is C23H25N5O2. The largest absolute Gasteiger partial charge is 0.497 e. The van der Waals surface area contributed by atoms with Crippen LogP contribution >= 0.6 is 0 Å². The molecule has 0 fully saturated rings. The van der Waals surface area contributed by atoms with Crippen LogP contribution in [0.1, 0.15) is 32.0 Å². The fourth-order valence-corrected chi connectivity index (χ4v) is 3.18. The maximum atomic E-state index is 12.5. The molecule has 2 aromatic heterocycles. The molecule has 0 saturated carbocycles. The second kappa shape index (κ2) is 7.67. The van der Waals surface area contributed by atoms with Gasteiger partial charge in [-0.05, 0) is 35.2 Å². The number of H-pyrrole nitrogens is 1. The lowest BCUT2D eigenvalue weighted by molar-refractivity contribution is 0.415. The zero-order valence-electron chi connectivity index (χ0n) is 17.6. The van der Waals surface area contributed by atoms with E-state index in [1.165, 1.54) is 16.1 Å². The summed E-state index contributed by atoms with van der Waals surface area (Å²) in [6, 6.07) is 17.3. The molecule has 4 aromatic rings. The van der Waals surface area contributed by atoms with Crippen LogP contribution in [-0.4, -0.2) is 26.7 Å². The number of ether oxygens (including phenoxy) is 1. The molecule has 4 rings (SSSR count). The van der Waals surface area contributed by atoms with Crippen molar-refractivity contribution in [3.05, 3.63) is 76.2 Å². The molecule has 0 bridgehead atoms. The third-order valence-corrected chi connectivity index (χ3v) is 4.97. The average molecular weight is 403 g/mol. The number of anilines is 1. The zero-order valence-corrected chi connectivity index (χ0v) is 17.6. The summed E-state index contributed by atoms with van der Waals surface area (Å²) in [5, 5.41) is 6.31. The Bertz CT molecular complexity index is 1220. The quantitative estimate of drug-likeness (QED) is 0.526. The predicted molar refractivity (Wildman–Crippen MR) is 118 cm³/mol. The summed E-state index contributed by atoms with van der Waals surface area (Å²) in [4.78, 5) is 21.6. The molecule has 0 aliphatic rings. The predicted octanol–water partition coefficient (Wildman–Crippen LogP) is 4.00. The lowest BCUT2D eigenvalue weighted by Crippen LogP contribution is -2.17. The standard InChI is InChI=1S/C23H25N5O2/c1-23(2,3)16-7-5-15(6-8-16)21-26-22-25-18(13-20(29)28(22)27-21)14-24-17-9-11-19(30-4)12-10-17/h5-13,24H,14H2,1-4H3,(H,25,26,27). The molecule has 0 amide bonds. The van der Waals surface area contributed by atoms with Crippen LogP contribution in [-0.2, 0) is 12.0 Å². The van der Waals surface area contributed by atoms with Crippen LogP contribution in [0.3, 0.4) is 0 Å². The number of hydrogen-bond donors (Lipinski definition) is 2. The minimum absolute atomic E-state index is 0.0800. The molecule has 0 aliphatic carbocycles. The van der Waals surface area contributed by atoms with E-state index in [1.807, 2.05) is 36.4 Å². The summed E-state index contributed by atoms with van der Waals surface area (Å²) in [6.07, 6.45) is 0. The van der Waals surface area contributed by atoms with Crippen LogP contribution in [0, 0.1) is 0 Å². The highest BCUT2D eigenvalue weighted by atomic mass is 16.5. The molecule has 0 radical (unpaired) electrons. The van der Waals surface area contributed by atoms with Crippen molar-refractivity contribution in [2.24, 2.45) is 0 Å². The Hall–Kier alpha value is -3.61. The molecule has 0 unspecified atom stereocenters. The maximum absolute atomic E-state index is 12.5. The van der Waals surface area contributed by atoms with Crippen LogP contribution < -0.4 is 15.6 Å². The molecule has 154 valence electrons. The SMILES string of the molecule is COc1ccc(NCc2cc(=O)n3[nH]c(-c4ccc(C(C)(C)C)cc4)nc3n2)cc1. The number of fused-ring (bicyclic) bond motifs is 1. The molecule has 7 nitrogen and oxygen atoms in total. The van der Waals surface area contributed by atoms with Gasteiger partial charge in [0, 0.05) is 17.3 Å². The van der Waals surface area contributed by atoms with E-state index in [0.717, 1.165) is 17.0 Å². The summed E-state index contributed by atoms with van der Waals surface area (Å²) in [5.41, 5.74) is 3.57. The number of rotatable bonds is 5. The summed E-state index contributed by atoms with van der Waals surface area (Å²) >= 11 is 0. The minimum atomic E-state index is -0.198. The van der Waals surface area contributed by atoms with Crippen LogP contribution in [0.4, 0.5) is 5.69 Å². The van der Waals surface area contributed by atoms with Gasteiger partial charge in [-0.1, -0.05) is 45.0 Å². The summed E-state index contributed by atoms with van der Waals surface area (Å²) < 4.78 is 6.53. The van der Waals surface area contributed by atoms with Gasteiger partial charge >= 0.3 is 0 Å². The van der Waals surface area contributed by atoms with E-state index < -0.39 is 0 Å². The first-order valence-corrected chi connectivity index (χ1v) is 9.81. The second-order valence-corrected chi connectivity index (χ2v) is 8.20. The van der Waals surface area contributed by atoms with Crippen LogP contribution in [0.2, 0.25) is 0 Å². The maximum Gasteiger partial charge on any atom is 0.274 e. The van der Waals surface area contributed by atoms with E-state index in [4.69, 9.17) is 4.74 Å². The average Bonchev–Trinajstić information content (AvgIpc) is 3.17.